The Labute approximate surface area is 160 Å². The summed E-state index contributed by atoms with van der Waals surface area (Å²) in [4.78, 5) is 11.1. The second kappa shape index (κ2) is 8.26. The molecular formula is C22H29N3O2. The molecule has 27 heavy (non-hydrogen) atoms. The van der Waals surface area contributed by atoms with Crippen molar-refractivity contribution >= 4 is 5.97 Å². The van der Waals surface area contributed by atoms with Gasteiger partial charge in [0.2, 0.25) is 0 Å². The van der Waals surface area contributed by atoms with E-state index in [2.05, 4.69) is 40.3 Å². The molecule has 5 nitrogen and oxygen atoms in total. The fourth-order valence-corrected chi connectivity index (χ4v) is 4.67. The SMILES string of the molecule is O=C(O)C1CCC(NCc2cnn(C3CCCC3)c2-c2ccccc2)CC1. The first kappa shape index (κ1) is 18.2. The van der Waals surface area contributed by atoms with Crippen LogP contribution in [0.4, 0.5) is 0 Å². The first-order valence-corrected chi connectivity index (χ1v) is 10.3. The second-order valence-electron chi connectivity index (χ2n) is 8.03. The molecule has 4 rings (SSSR count). The zero-order valence-corrected chi connectivity index (χ0v) is 15.8. The van der Waals surface area contributed by atoms with Gasteiger partial charge in [0.25, 0.3) is 0 Å². The molecule has 0 amide bonds. The number of nitrogens with one attached hydrogen (secondary N) is 1. The van der Waals surface area contributed by atoms with E-state index >= 15 is 0 Å². The number of benzene rings is 1. The van der Waals surface area contributed by atoms with Crippen molar-refractivity contribution < 1.29 is 9.90 Å². The van der Waals surface area contributed by atoms with Crippen LogP contribution in [0.25, 0.3) is 11.3 Å². The van der Waals surface area contributed by atoms with Crippen LogP contribution in [-0.2, 0) is 11.3 Å². The molecular weight excluding hydrogens is 338 g/mol. The molecule has 0 spiro atoms. The lowest BCUT2D eigenvalue weighted by molar-refractivity contribution is -0.142. The van der Waals surface area contributed by atoms with Gasteiger partial charge in [0.05, 0.1) is 23.9 Å². The van der Waals surface area contributed by atoms with Gasteiger partial charge in [0, 0.05) is 23.7 Å². The quantitative estimate of drug-likeness (QED) is 0.794. The summed E-state index contributed by atoms with van der Waals surface area (Å²) < 4.78 is 2.25. The van der Waals surface area contributed by atoms with E-state index in [9.17, 15) is 4.79 Å². The van der Waals surface area contributed by atoms with Crippen LogP contribution in [0.5, 0.6) is 0 Å². The van der Waals surface area contributed by atoms with Gasteiger partial charge in [-0.15, -0.1) is 0 Å². The van der Waals surface area contributed by atoms with Crippen molar-refractivity contribution in [1.29, 1.82) is 0 Å². The standard InChI is InChI=1S/C22H29N3O2/c26-22(27)17-10-12-19(13-11-17)23-14-18-15-24-25(20-8-4-5-9-20)21(18)16-6-2-1-3-7-16/h1-3,6-7,15,17,19-20,23H,4-5,8-14H2,(H,26,27). The number of hydrogen-bond donors (Lipinski definition) is 2. The summed E-state index contributed by atoms with van der Waals surface area (Å²) in [5, 5.41) is 17.6. The van der Waals surface area contributed by atoms with Gasteiger partial charge in [-0.3, -0.25) is 9.48 Å². The topological polar surface area (TPSA) is 67.2 Å². The average Bonchev–Trinajstić information content (AvgIpc) is 3.37. The molecule has 2 fully saturated rings. The van der Waals surface area contributed by atoms with Crippen molar-refractivity contribution in [2.45, 2.75) is 70.0 Å². The number of carboxylic acids is 1. The highest BCUT2D eigenvalue weighted by molar-refractivity contribution is 5.70. The Morgan fingerprint density at radius 1 is 1.07 bits per heavy atom. The maximum Gasteiger partial charge on any atom is 0.306 e. The molecule has 0 aliphatic heterocycles. The van der Waals surface area contributed by atoms with E-state index in [1.807, 2.05) is 6.20 Å². The van der Waals surface area contributed by atoms with Gasteiger partial charge in [-0.05, 0) is 38.5 Å². The van der Waals surface area contributed by atoms with Gasteiger partial charge in [-0.2, -0.15) is 5.10 Å². The monoisotopic (exact) mass is 367 g/mol. The molecule has 5 heteroatoms. The second-order valence-corrected chi connectivity index (χ2v) is 8.03. The van der Waals surface area contributed by atoms with Crippen LogP contribution in [0.3, 0.4) is 0 Å². The summed E-state index contributed by atoms with van der Waals surface area (Å²) in [5.74, 6) is -0.800. The Morgan fingerprint density at radius 3 is 2.44 bits per heavy atom. The molecule has 0 saturated heterocycles. The zero-order valence-electron chi connectivity index (χ0n) is 15.8. The zero-order chi connectivity index (χ0) is 18.6. The average molecular weight is 367 g/mol. The Hall–Kier alpha value is -2.14. The Balaban J connectivity index is 1.49. The predicted octanol–water partition coefficient (Wildman–Crippen LogP) is 4.40. The van der Waals surface area contributed by atoms with Crippen molar-refractivity contribution in [1.82, 2.24) is 15.1 Å². The molecule has 2 aliphatic carbocycles. The third-order valence-electron chi connectivity index (χ3n) is 6.25. The van der Waals surface area contributed by atoms with Crippen molar-refractivity contribution in [3.63, 3.8) is 0 Å². The molecule has 2 saturated carbocycles. The smallest absolute Gasteiger partial charge is 0.306 e. The predicted molar refractivity (Wildman–Crippen MR) is 105 cm³/mol. The largest absolute Gasteiger partial charge is 0.481 e. The molecule has 1 aromatic carbocycles. The van der Waals surface area contributed by atoms with E-state index in [1.54, 1.807) is 0 Å². The number of carbonyl (C=O) groups is 1. The molecule has 1 heterocycles. The number of aromatic nitrogens is 2. The van der Waals surface area contributed by atoms with Crippen LogP contribution >= 0.6 is 0 Å². The molecule has 2 aromatic rings. The summed E-state index contributed by atoms with van der Waals surface area (Å²) in [6.45, 7) is 0.791. The van der Waals surface area contributed by atoms with E-state index in [0.29, 0.717) is 12.1 Å². The first-order chi connectivity index (χ1) is 13.2. The van der Waals surface area contributed by atoms with Crippen molar-refractivity contribution in [3.8, 4) is 11.3 Å². The van der Waals surface area contributed by atoms with E-state index in [1.165, 1.54) is 42.5 Å². The van der Waals surface area contributed by atoms with E-state index < -0.39 is 5.97 Å². The number of carboxylic acid groups (broad SMARTS) is 1. The van der Waals surface area contributed by atoms with Crippen molar-refractivity contribution in [3.05, 3.63) is 42.1 Å². The van der Waals surface area contributed by atoms with Gasteiger partial charge < -0.3 is 10.4 Å². The summed E-state index contributed by atoms with van der Waals surface area (Å²) in [5.41, 5.74) is 3.72. The highest BCUT2D eigenvalue weighted by Gasteiger charge is 2.27. The molecule has 0 atom stereocenters. The van der Waals surface area contributed by atoms with Gasteiger partial charge in [0.15, 0.2) is 0 Å². The lowest BCUT2D eigenvalue weighted by Crippen LogP contribution is -2.34. The lowest BCUT2D eigenvalue weighted by atomic mass is 9.86. The third-order valence-corrected chi connectivity index (χ3v) is 6.25. The molecule has 144 valence electrons. The van der Waals surface area contributed by atoms with Crippen LogP contribution in [0, 0.1) is 5.92 Å². The fraction of sp³-hybridized carbons (Fsp3) is 0.545. The Morgan fingerprint density at radius 2 is 1.78 bits per heavy atom. The fourth-order valence-electron chi connectivity index (χ4n) is 4.67. The number of nitrogens with zero attached hydrogens (tertiary/aromatic N) is 2. The summed E-state index contributed by atoms with van der Waals surface area (Å²) in [6, 6.07) is 11.5. The molecule has 1 aromatic heterocycles. The van der Waals surface area contributed by atoms with Crippen LogP contribution in [-0.4, -0.2) is 26.9 Å². The van der Waals surface area contributed by atoms with Gasteiger partial charge in [0.1, 0.15) is 0 Å². The van der Waals surface area contributed by atoms with Crippen LogP contribution in [0.15, 0.2) is 36.5 Å². The lowest BCUT2D eigenvalue weighted by Gasteiger charge is -2.27. The summed E-state index contributed by atoms with van der Waals surface area (Å²) in [7, 11) is 0. The van der Waals surface area contributed by atoms with Crippen LogP contribution in [0.1, 0.15) is 63.0 Å². The minimum Gasteiger partial charge on any atom is -0.481 e. The van der Waals surface area contributed by atoms with Gasteiger partial charge in [-0.25, -0.2) is 0 Å². The van der Waals surface area contributed by atoms with Crippen molar-refractivity contribution in [2.24, 2.45) is 5.92 Å². The molecule has 2 N–H and O–H groups in total. The van der Waals surface area contributed by atoms with Gasteiger partial charge in [-0.1, -0.05) is 43.2 Å². The normalized spacial score (nSPS) is 23.6. The van der Waals surface area contributed by atoms with Gasteiger partial charge >= 0.3 is 5.97 Å². The van der Waals surface area contributed by atoms with E-state index in [-0.39, 0.29) is 5.92 Å². The minimum absolute atomic E-state index is 0.159. The molecule has 0 bridgehead atoms. The molecule has 2 aliphatic rings. The Bertz CT molecular complexity index is 757. The maximum atomic E-state index is 11.1. The minimum atomic E-state index is -0.641. The maximum absolute atomic E-state index is 11.1. The highest BCUT2D eigenvalue weighted by Crippen LogP contribution is 2.35. The number of rotatable bonds is 6. The van der Waals surface area contributed by atoms with E-state index in [0.717, 1.165) is 32.2 Å². The van der Waals surface area contributed by atoms with Crippen LogP contribution < -0.4 is 5.32 Å². The number of aliphatic carboxylic acids is 1. The third kappa shape index (κ3) is 4.08. The molecule has 0 radical (unpaired) electrons. The molecule has 0 unspecified atom stereocenters. The number of hydrogen-bond acceptors (Lipinski definition) is 3. The Kier molecular flexibility index (Phi) is 5.58. The van der Waals surface area contributed by atoms with E-state index in [4.69, 9.17) is 10.2 Å². The van der Waals surface area contributed by atoms with Crippen LogP contribution in [0.2, 0.25) is 0 Å². The summed E-state index contributed by atoms with van der Waals surface area (Å²) in [6.07, 6.45) is 10.5. The van der Waals surface area contributed by atoms with Crippen molar-refractivity contribution in [2.75, 3.05) is 0 Å². The first-order valence-electron chi connectivity index (χ1n) is 10.3. The highest BCUT2D eigenvalue weighted by atomic mass is 16.4. The summed E-state index contributed by atoms with van der Waals surface area (Å²) >= 11 is 0.